The Bertz CT molecular complexity index is 561. The average Bonchev–Trinajstić information content (AvgIpc) is 3.13. The van der Waals surface area contributed by atoms with Gasteiger partial charge in [0.25, 0.3) is 0 Å². The van der Waals surface area contributed by atoms with Gasteiger partial charge in [-0.2, -0.15) is 0 Å². The monoisotopic (exact) mass is 289 g/mol. The largest absolute Gasteiger partial charge is 0.467 e. The summed E-state index contributed by atoms with van der Waals surface area (Å²) in [6.07, 6.45) is 4.14. The molecule has 2 rings (SSSR count). The second kappa shape index (κ2) is 5.99. The molecule has 1 fully saturated rings. The Hall–Kier alpha value is -2.30. The van der Waals surface area contributed by atoms with Crippen LogP contribution >= 0.6 is 0 Å². The first-order valence-corrected chi connectivity index (χ1v) is 6.82. The summed E-state index contributed by atoms with van der Waals surface area (Å²) in [6, 6.07) is 3.56. The van der Waals surface area contributed by atoms with E-state index in [4.69, 9.17) is 9.15 Å². The van der Waals surface area contributed by atoms with E-state index in [0.29, 0.717) is 24.3 Å². The van der Waals surface area contributed by atoms with Crippen LogP contribution < -0.4 is 0 Å². The van der Waals surface area contributed by atoms with E-state index in [0.717, 1.165) is 12.5 Å². The molecule has 1 aromatic rings. The van der Waals surface area contributed by atoms with Gasteiger partial charge in [0.05, 0.1) is 6.26 Å². The molecule has 0 radical (unpaired) electrons. The zero-order valence-electron chi connectivity index (χ0n) is 12.1. The van der Waals surface area contributed by atoms with Crippen molar-refractivity contribution in [2.45, 2.75) is 25.3 Å². The fourth-order valence-corrected chi connectivity index (χ4v) is 2.68. The zero-order chi connectivity index (χ0) is 15.5. The van der Waals surface area contributed by atoms with Crippen molar-refractivity contribution < 1.29 is 18.7 Å². The van der Waals surface area contributed by atoms with Crippen LogP contribution in [-0.2, 0) is 19.9 Å². The summed E-state index contributed by atoms with van der Waals surface area (Å²) in [4.78, 5) is 25.5. The number of carbonyl (C=O) groups is 2. The molecule has 0 spiro atoms. The van der Waals surface area contributed by atoms with E-state index < -0.39 is 11.5 Å². The Kier molecular flexibility index (Phi) is 4.31. The summed E-state index contributed by atoms with van der Waals surface area (Å²) in [6.45, 7) is 9.39. The number of hydrogen-bond acceptors (Lipinski definition) is 4. The lowest BCUT2D eigenvalue weighted by molar-refractivity contribution is -0.147. The minimum absolute atomic E-state index is 0.0460. The minimum atomic E-state index is -0.766. The van der Waals surface area contributed by atoms with Crippen molar-refractivity contribution in [1.82, 2.24) is 4.90 Å². The van der Waals surface area contributed by atoms with Crippen molar-refractivity contribution in [3.05, 3.63) is 49.0 Å². The predicted octanol–water partition coefficient (Wildman–Crippen LogP) is 2.40. The van der Waals surface area contributed by atoms with Gasteiger partial charge in [0, 0.05) is 18.2 Å². The Labute approximate surface area is 123 Å². The number of furan rings is 1. The first-order chi connectivity index (χ1) is 10.0. The second-order valence-corrected chi connectivity index (χ2v) is 5.16. The van der Waals surface area contributed by atoms with E-state index in [1.165, 1.54) is 0 Å². The van der Waals surface area contributed by atoms with Crippen LogP contribution in [0.2, 0.25) is 0 Å². The highest BCUT2D eigenvalue weighted by atomic mass is 16.5. The van der Waals surface area contributed by atoms with Crippen LogP contribution in [-0.4, -0.2) is 29.9 Å². The highest BCUT2D eigenvalue weighted by Crippen LogP contribution is 2.40. The van der Waals surface area contributed by atoms with Crippen molar-refractivity contribution in [2.75, 3.05) is 13.2 Å². The summed E-state index contributed by atoms with van der Waals surface area (Å²) in [5.41, 5.74) is -0.319. The lowest BCUT2D eigenvalue weighted by Crippen LogP contribution is -2.48. The third-order valence-electron chi connectivity index (χ3n) is 3.70. The van der Waals surface area contributed by atoms with E-state index in [1.54, 1.807) is 30.2 Å². The number of likely N-dealkylation sites (tertiary alicyclic amines) is 1. The van der Waals surface area contributed by atoms with Crippen molar-refractivity contribution in [1.29, 1.82) is 0 Å². The molecule has 0 aliphatic carbocycles. The minimum Gasteiger partial charge on any atom is -0.467 e. The maximum atomic E-state index is 12.4. The lowest BCUT2D eigenvalue weighted by Gasteiger charge is -2.36. The van der Waals surface area contributed by atoms with E-state index in [2.05, 4.69) is 13.2 Å². The van der Waals surface area contributed by atoms with Gasteiger partial charge in [0.15, 0.2) is 0 Å². The number of nitrogens with zero attached hydrogens (tertiary/aromatic N) is 1. The van der Waals surface area contributed by atoms with Gasteiger partial charge in [-0.25, -0.2) is 4.79 Å². The van der Waals surface area contributed by atoms with Gasteiger partial charge >= 0.3 is 5.97 Å². The summed E-state index contributed by atoms with van der Waals surface area (Å²) in [7, 11) is 0. The Morgan fingerprint density at radius 2 is 2.33 bits per heavy atom. The molecule has 1 amide bonds. The SMILES string of the molecule is C=CC(=O)OCC1(c2ccco2)CCCN1C(=O)C(=C)C. The smallest absolute Gasteiger partial charge is 0.330 e. The summed E-state index contributed by atoms with van der Waals surface area (Å²) >= 11 is 0. The van der Waals surface area contributed by atoms with E-state index in [1.807, 2.05) is 0 Å². The van der Waals surface area contributed by atoms with Crippen molar-refractivity contribution in [3.63, 3.8) is 0 Å². The predicted molar refractivity (Wildman–Crippen MR) is 77.3 cm³/mol. The van der Waals surface area contributed by atoms with Gasteiger partial charge in [0.1, 0.15) is 17.9 Å². The van der Waals surface area contributed by atoms with Crippen LogP contribution in [0.25, 0.3) is 0 Å². The van der Waals surface area contributed by atoms with E-state index >= 15 is 0 Å². The maximum absolute atomic E-state index is 12.4. The molecule has 0 N–H and O–H groups in total. The molecule has 0 bridgehead atoms. The zero-order valence-corrected chi connectivity index (χ0v) is 12.1. The van der Waals surface area contributed by atoms with Crippen LogP contribution in [0, 0.1) is 0 Å². The highest BCUT2D eigenvalue weighted by Gasteiger charge is 2.48. The second-order valence-electron chi connectivity index (χ2n) is 5.16. The molecule has 0 aromatic carbocycles. The number of hydrogen-bond donors (Lipinski definition) is 0. The fraction of sp³-hybridized carbons (Fsp3) is 0.375. The van der Waals surface area contributed by atoms with Crippen LogP contribution in [0.5, 0.6) is 0 Å². The molecule has 1 aliphatic heterocycles. The van der Waals surface area contributed by atoms with Crippen LogP contribution in [0.4, 0.5) is 0 Å². The van der Waals surface area contributed by atoms with E-state index in [-0.39, 0.29) is 12.5 Å². The number of rotatable bonds is 5. The third kappa shape index (κ3) is 2.77. The molecule has 0 saturated carbocycles. The van der Waals surface area contributed by atoms with Crippen LogP contribution in [0.1, 0.15) is 25.5 Å². The Morgan fingerprint density at radius 3 is 2.90 bits per heavy atom. The van der Waals surface area contributed by atoms with Gasteiger partial charge < -0.3 is 14.1 Å². The maximum Gasteiger partial charge on any atom is 0.330 e. The van der Waals surface area contributed by atoms with Crippen LogP contribution in [0.3, 0.4) is 0 Å². The van der Waals surface area contributed by atoms with Crippen molar-refractivity contribution in [3.8, 4) is 0 Å². The Morgan fingerprint density at radius 1 is 1.57 bits per heavy atom. The molecule has 5 nitrogen and oxygen atoms in total. The molecule has 1 saturated heterocycles. The molecule has 1 unspecified atom stereocenters. The van der Waals surface area contributed by atoms with Gasteiger partial charge in [-0.1, -0.05) is 13.2 Å². The quantitative estimate of drug-likeness (QED) is 0.617. The molecule has 2 heterocycles. The van der Waals surface area contributed by atoms with Crippen LogP contribution in [0.15, 0.2) is 47.6 Å². The summed E-state index contributed by atoms with van der Waals surface area (Å²) < 4.78 is 10.7. The summed E-state index contributed by atoms with van der Waals surface area (Å²) in [5, 5.41) is 0. The molecule has 112 valence electrons. The van der Waals surface area contributed by atoms with E-state index in [9.17, 15) is 9.59 Å². The molecule has 1 aliphatic rings. The average molecular weight is 289 g/mol. The number of ether oxygens (including phenoxy) is 1. The van der Waals surface area contributed by atoms with Crippen molar-refractivity contribution >= 4 is 11.9 Å². The first kappa shape index (κ1) is 15.1. The molecule has 5 heteroatoms. The third-order valence-corrected chi connectivity index (χ3v) is 3.70. The Balaban J connectivity index is 2.35. The topological polar surface area (TPSA) is 59.8 Å². The number of carbonyl (C=O) groups excluding carboxylic acids is 2. The lowest BCUT2D eigenvalue weighted by atomic mass is 9.93. The first-order valence-electron chi connectivity index (χ1n) is 6.82. The standard InChI is InChI=1S/C16H19NO4/c1-4-14(18)21-11-16(13-7-5-10-20-13)8-6-9-17(16)15(19)12(2)3/h4-5,7,10H,1-2,6,8-9,11H2,3H3. The highest BCUT2D eigenvalue weighted by molar-refractivity contribution is 5.93. The molecule has 1 atom stereocenters. The molecular weight excluding hydrogens is 270 g/mol. The normalized spacial score (nSPS) is 21.1. The fourth-order valence-electron chi connectivity index (χ4n) is 2.68. The van der Waals surface area contributed by atoms with Gasteiger partial charge in [-0.3, -0.25) is 4.79 Å². The van der Waals surface area contributed by atoms with Gasteiger partial charge in [-0.15, -0.1) is 0 Å². The van der Waals surface area contributed by atoms with Gasteiger partial charge in [0.2, 0.25) is 5.91 Å². The molecule has 21 heavy (non-hydrogen) atoms. The van der Waals surface area contributed by atoms with Gasteiger partial charge in [-0.05, 0) is 31.9 Å². The molecule has 1 aromatic heterocycles. The number of esters is 1. The van der Waals surface area contributed by atoms with Crippen molar-refractivity contribution in [2.24, 2.45) is 0 Å². The number of amides is 1. The molecular formula is C16H19NO4. The summed E-state index contributed by atoms with van der Waals surface area (Å²) in [5.74, 6) is -0.0550.